The lowest BCUT2D eigenvalue weighted by Crippen LogP contribution is -2.17. The number of methoxy groups -OCH3 is 1. The number of rotatable bonds is 4. The molecule has 1 fully saturated rings. The molecule has 17 heavy (non-hydrogen) atoms. The van der Waals surface area contributed by atoms with E-state index in [0.29, 0.717) is 0 Å². The highest BCUT2D eigenvalue weighted by molar-refractivity contribution is 5.68. The summed E-state index contributed by atoms with van der Waals surface area (Å²) in [4.78, 5) is 0. The summed E-state index contributed by atoms with van der Waals surface area (Å²) in [7, 11) is 1.66. The zero-order valence-electron chi connectivity index (χ0n) is 10.5. The van der Waals surface area contributed by atoms with Crippen LogP contribution in [0.3, 0.4) is 0 Å². The van der Waals surface area contributed by atoms with Crippen molar-refractivity contribution in [3.63, 3.8) is 0 Å². The maximum atomic E-state index is 5.97. The summed E-state index contributed by atoms with van der Waals surface area (Å²) in [6, 6.07) is 5.81. The van der Waals surface area contributed by atoms with Gasteiger partial charge < -0.3 is 15.8 Å². The van der Waals surface area contributed by atoms with Crippen molar-refractivity contribution in [2.75, 3.05) is 24.7 Å². The van der Waals surface area contributed by atoms with Gasteiger partial charge in [0, 0.05) is 12.6 Å². The summed E-state index contributed by atoms with van der Waals surface area (Å²) >= 11 is 0. The summed E-state index contributed by atoms with van der Waals surface area (Å²) in [6.07, 6.45) is 6.86. The monoisotopic (exact) mass is 234 g/mol. The SMILES string of the molecule is COc1ccc(NCC2CCCCC2)c(N)c1. The summed E-state index contributed by atoms with van der Waals surface area (Å²) < 4.78 is 5.14. The minimum atomic E-state index is 0.764. The van der Waals surface area contributed by atoms with Crippen molar-refractivity contribution < 1.29 is 4.74 Å². The highest BCUT2D eigenvalue weighted by Gasteiger charge is 2.13. The summed E-state index contributed by atoms with van der Waals surface area (Å²) in [6.45, 7) is 1.04. The fourth-order valence-electron chi connectivity index (χ4n) is 2.47. The molecule has 1 saturated carbocycles. The van der Waals surface area contributed by atoms with Crippen molar-refractivity contribution >= 4 is 11.4 Å². The average molecular weight is 234 g/mol. The van der Waals surface area contributed by atoms with Gasteiger partial charge in [-0.2, -0.15) is 0 Å². The van der Waals surface area contributed by atoms with E-state index in [4.69, 9.17) is 10.5 Å². The Bertz CT molecular complexity index is 359. The molecule has 0 atom stereocenters. The highest BCUT2D eigenvalue weighted by Crippen LogP contribution is 2.27. The van der Waals surface area contributed by atoms with Crippen LogP contribution >= 0.6 is 0 Å². The van der Waals surface area contributed by atoms with Crippen LogP contribution < -0.4 is 15.8 Å². The van der Waals surface area contributed by atoms with Gasteiger partial charge in [0.1, 0.15) is 5.75 Å². The Hall–Kier alpha value is -1.38. The van der Waals surface area contributed by atoms with Gasteiger partial charge in [-0.1, -0.05) is 19.3 Å². The van der Waals surface area contributed by atoms with Crippen molar-refractivity contribution in [1.29, 1.82) is 0 Å². The first-order valence-electron chi connectivity index (χ1n) is 6.47. The van der Waals surface area contributed by atoms with Gasteiger partial charge in [-0.15, -0.1) is 0 Å². The minimum Gasteiger partial charge on any atom is -0.497 e. The van der Waals surface area contributed by atoms with Crippen LogP contribution in [0.4, 0.5) is 11.4 Å². The molecule has 0 bridgehead atoms. The normalized spacial score (nSPS) is 16.8. The quantitative estimate of drug-likeness (QED) is 0.786. The van der Waals surface area contributed by atoms with Gasteiger partial charge in [-0.3, -0.25) is 0 Å². The first-order valence-corrected chi connectivity index (χ1v) is 6.47. The molecule has 0 aliphatic heterocycles. The van der Waals surface area contributed by atoms with Crippen LogP contribution in [0.15, 0.2) is 18.2 Å². The molecule has 3 heteroatoms. The third-order valence-corrected chi connectivity index (χ3v) is 3.56. The number of benzene rings is 1. The van der Waals surface area contributed by atoms with Crippen LogP contribution in [-0.2, 0) is 0 Å². The second-order valence-corrected chi connectivity index (χ2v) is 4.84. The predicted octanol–water partition coefficient (Wildman–Crippen LogP) is 3.27. The molecule has 0 unspecified atom stereocenters. The van der Waals surface area contributed by atoms with E-state index in [9.17, 15) is 0 Å². The largest absolute Gasteiger partial charge is 0.497 e. The summed E-state index contributed by atoms with van der Waals surface area (Å²) in [5.41, 5.74) is 7.76. The topological polar surface area (TPSA) is 47.3 Å². The predicted molar refractivity (Wildman–Crippen MR) is 72.5 cm³/mol. The van der Waals surface area contributed by atoms with Gasteiger partial charge in [0.15, 0.2) is 0 Å². The molecule has 0 aromatic heterocycles. The standard InChI is InChI=1S/C14H22N2O/c1-17-12-7-8-14(13(15)9-12)16-10-11-5-3-2-4-6-11/h7-9,11,16H,2-6,10,15H2,1H3. The van der Waals surface area contributed by atoms with Gasteiger partial charge >= 0.3 is 0 Å². The van der Waals surface area contributed by atoms with Crippen molar-refractivity contribution in [2.45, 2.75) is 32.1 Å². The number of ether oxygens (including phenoxy) is 1. The Kier molecular flexibility index (Phi) is 4.13. The Balaban J connectivity index is 1.89. The molecule has 1 aromatic rings. The molecule has 94 valence electrons. The highest BCUT2D eigenvalue weighted by atomic mass is 16.5. The summed E-state index contributed by atoms with van der Waals surface area (Å²) in [5, 5.41) is 3.45. The van der Waals surface area contributed by atoms with E-state index in [1.54, 1.807) is 7.11 Å². The third-order valence-electron chi connectivity index (χ3n) is 3.56. The fraction of sp³-hybridized carbons (Fsp3) is 0.571. The van der Waals surface area contributed by atoms with Crippen LogP contribution in [0.1, 0.15) is 32.1 Å². The van der Waals surface area contributed by atoms with Gasteiger partial charge in [0.25, 0.3) is 0 Å². The van der Waals surface area contributed by atoms with E-state index >= 15 is 0 Å². The van der Waals surface area contributed by atoms with E-state index in [-0.39, 0.29) is 0 Å². The number of hydrogen-bond acceptors (Lipinski definition) is 3. The minimum absolute atomic E-state index is 0.764. The Morgan fingerprint density at radius 1 is 1.29 bits per heavy atom. The number of nitrogens with one attached hydrogen (secondary N) is 1. The molecule has 2 rings (SSSR count). The Morgan fingerprint density at radius 3 is 2.71 bits per heavy atom. The van der Waals surface area contributed by atoms with Crippen LogP contribution in [0.25, 0.3) is 0 Å². The van der Waals surface area contributed by atoms with Gasteiger partial charge in [-0.05, 0) is 30.9 Å². The third kappa shape index (κ3) is 3.29. The molecule has 0 heterocycles. The maximum absolute atomic E-state index is 5.97. The van der Waals surface area contributed by atoms with E-state index in [1.807, 2.05) is 18.2 Å². The first kappa shape index (κ1) is 12.1. The molecule has 1 aliphatic carbocycles. The maximum Gasteiger partial charge on any atom is 0.121 e. The smallest absolute Gasteiger partial charge is 0.121 e. The van der Waals surface area contributed by atoms with Crippen LogP contribution in [0.2, 0.25) is 0 Å². The molecule has 0 radical (unpaired) electrons. The molecule has 0 spiro atoms. The van der Waals surface area contributed by atoms with Crippen LogP contribution in [0.5, 0.6) is 5.75 Å². The van der Waals surface area contributed by atoms with E-state index < -0.39 is 0 Å². The van der Waals surface area contributed by atoms with Crippen molar-refractivity contribution in [2.24, 2.45) is 5.92 Å². The van der Waals surface area contributed by atoms with Crippen molar-refractivity contribution in [3.8, 4) is 5.75 Å². The van der Waals surface area contributed by atoms with E-state index in [0.717, 1.165) is 29.6 Å². The second-order valence-electron chi connectivity index (χ2n) is 4.84. The Morgan fingerprint density at radius 2 is 2.06 bits per heavy atom. The van der Waals surface area contributed by atoms with Crippen molar-refractivity contribution in [1.82, 2.24) is 0 Å². The number of hydrogen-bond donors (Lipinski definition) is 2. The van der Waals surface area contributed by atoms with E-state index in [1.165, 1.54) is 32.1 Å². The first-order chi connectivity index (χ1) is 8.29. The molecular weight excluding hydrogens is 212 g/mol. The van der Waals surface area contributed by atoms with Gasteiger partial charge in [-0.25, -0.2) is 0 Å². The summed E-state index contributed by atoms with van der Waals surface area (Å²) in [5.74, 6) is 1.62. The zero-order chi connectivity index (χ0) is 12.1. The Labute approximate surface area is 103 Å². The molecule has 3 N–H and O–H groups in total. The molecule has 0 saturated heterocycles. The zero-order valence-corrected chi connectivity index (χ0v) is 10.5. The lowest BCUT2D eigenvalue weighted by molar-refractivity contribution is 0.373. The van der Waals surface area contributed by atoms with Crippen LogP contribution in [0, 0.1) is 5.92 Å². The molecule has 1 aliphatic rings. The van der Waals surface area contributed by atoms with Gasteiger partial charge in [0.05, 0.1) is 18.5 Å². The fourth-order valence-corrected chi connectivity index (χ4v) is 2.47. The second kappa shape index (κ2) is 5.80. The van der Waals surface area contributed by atoms with Gasteiger partial charge in [0.2, 0.25) is 0 Å². The molecule has 1 aromatic carbocycles. The average Bonchev–Trinajstić information content (AvgIpc) is 2.38. The van der Waals surface area contributed by atoms with E-state index in [2.05, 4.69) is 5.32 Å². The number of nitrogens with two attached hydrogens (primary N) is 1. The molecule has 3 nitrogen and oxygen atoms in total. The van der Waals surface area contributed by atoms with Crippen LogP contribution in [-0.4, -0.2) is 13.7 Å². The van der Waals surface area contributed by atoms with Crippen molar-refractivity contribution in [3.05, 3.63) is 18.2 Å². The lowest BCUT2D eigenvalue weighted by atomic mass is 9.89. The lowest BCUT2D eigenvalue weighted by Gasteiger charge is -2.22. The molecular formula is C14H22N2O. The molecule has 0 amide bonds. The number of anilines is 2. The number of nitrogen functional groups attached to an aromatic ring is 1.